The molecule has 2 aromatic rings. The molecule has 0 aliphatic heterocycles. The third kappa shape index (κ3) is 7.15. The van der Waals surface area contributed by atoms with Gasteiger partial charge in [0, 0.05) is 22.7 Å². The standard InChI is InChI=1S/C20H26ClNO2.ClH/c1-5-23-18-8-6-7-16(13-22-20(2,3)4)19(18)24-14-15-9-11-17(21)12-10-15;/h6-12,22H,5,13-14H2,1-4H3;1H. The van der Waals surface area contributed by atoms with Crippen molar-refractivity contribution in [1.29, 1.82) is 0 Å². The van der Waals surface area contributed by atoms with E-state index in [9.17, 15) is 0 Å². The second-order valence-corrected chi connectivity index (χ2v) is 7.13. The van der Waals surface area contributed by atoms with Crippen molar-refractivity contribution in [1.82, 2.24) is 5.32 Å². The summed E-state index contributed by atoms with van der Waals surface area (Å²) in [5, 5.41) is 4.23. The van der Waals surface area contributed by atoms with Crippen LogP contribution in [0.2, 0.25) is 5.02 Å². The van der Waals surface area contributed by atoms with Crippen LogP contribution in [-0.4, -0.2) is 12.1 Å². The summed E-state index contributed by atoms with van der Waals surface area (Å²) in [7, 11) is 0. The lowest BCUT2D eigenvalue weighted by Gasteiger charge is -2.22. The highest BCUT2D eigenvalue weighted by atomic mass is 35.5. The van der Waals surface area contributed by atoms with Crippen LogP contribution in [0.5, 0.6) is 11.5 Å². The molecule has 25 heavy (non-hydrogen) atoms. The molecule has 5 heteroatoms. The topological polar surface area (TPSA) is 30.5 Å². The van der Waals surface area contributed by atoms with Crippen LogP contribution in [0.3, 0.4) is 0 Å². The summed E-state index contributed by atoms with van der Waals surface area (Å²) in [5.74, 6) is 1.57. The zero-order valence-corrected chi connectivity index (χ0v) is 16.8. The monoisotopic (exact) mass is 383 g/mol. The van der Waals surface area contributed by atoms with Gasteiger partial charge in [-0.2, -0.15) is 0 Å². The molecule has 0 saturated heterocycles. The first-order valence-electron chi connectivity index (χ1n) is 8.26. The SMILES string of the molecule is CCOc1cccc(CNC(C)(C)C)c1OCc1ccc(Cl)cc1.Cl. The van der Waals surface area contributed by atoms with Crippen molar-refractivity contribution in [2.75, 3.05) is 6.61 Å². The van der Waals surface area contributed by atoms with Crippen LogP contribution in [0, 0.1) is 0 Å². The van der Waals surface area contributed by atoms with Crippen LogP contribution in [0.1, 0.15) is 38.8 Å². The quantitative estimate of drug-likeness (QED) is 0.671. The molecule has 0 saturated carbocycles. The lowest BCUT2D eigenvalue weighted by atomic mass is 10.1. The van der Waals surface area contributed by atoms with Gasteiger partial charge in [-0.05, 0) is 51.5 Å². The summed E-state index contributed by atoms with van der Waals surface area (Å²) in [6.07, 6.45) is 0. The highest BCUT2D eigenvalue weighted by Gasteiger charge is 2.14. The molecule has 0 aliphatic carbocycles. The Morgan fingerprint density at radius 1 is 1.00 bits per heavy atom. The van der Waals surface area contributed by atoms with E-state index in [1.54, 1.807) is 0 Å². The van der Waals surface area contributed by atoms with E-state index in [2.05, 4.69) is 32.2 Å². The molecule has 0 unspecified atom stereocenters. The molecule has 1 N–H and O–H groups in total. The Hall–Kier alpha value is -1.42. The van der Waals surface area contributed by atoms with Crippen LogP contribution in [-0.2, 0) is 13.2 Å². The van der Waals surface area contributed by atoms with Gasteiger partial charge in [-0.25, -0.2) is 0 Å². The van der Waals surface area contributed by atoms with Crippen LogP contribution in [0.4, 0.5) is 0 Å². The summed E-state index contributed by atoms with van der Waals surface area (Å²) >= 11 is 5.94. The van der Waals surface area contributed by atoms with Gasteiger partial charge in [0.05, 0.1) is 6.61 Å². The van der Waals surface area contributed by atoms with Gasteiger partial charge in [0.15, 0.2) is 11.5 Å². The molecule has 0 radical (unpaired) electrons. The molecule has 3 nitrogen and oxygen atoms in total. The third-order valence-corrected chi connectivity index (χ3v) is 3.72. The van der Waals surface area contributed by atoms with Crippen molar-refractivity contribution >= 4 is 24.0 Å². The van der Waals surface area contributed by atoms with Crippen LogP contribution in [0.15, 0.2) is 42.5 Å². The number of para-hydroxylation sites is 1. The van der Waals surface area contributed by atoms with E-state index in [0.717, 1.165) is 34.2 Å². The van der Waals surface area contributed by atoms with E-state index in [4.69, 9.17) is 21.1 Å². The first kappa shape index (κ1) is 21.6. The number of nitrogens with one attached hydrogen (secondary N) is 1. The van der Waals surface area contributed by atoms with Gasteiger partial charge in [-0.15, -0.1) is 12.4 Å². The lowest BCUT2D eigenvalue weighted by Crippen LogP contribution is -2.35. The largest absolute Gasteiger partial charge is 0.490 e. The van der Waals surface area contributed by atoms with Crippen molar-refractivity contribution in [2.24, 2.45) is 0 Å². The smallest absolute Gasteiger partial charge is 0.166 e. The first-order valence-corrected chi connectivity index (χ1v) is 8.64. The zero-order chi connectivity index (χ0) is 17.6. The molecule has 2 aromatic carbocycles. The van der Waals surface area contributed by atoms with Gasteiger partial charge in [0.25, 0.3) is 0 Å². The number of hydrogen-bond donors (Lipinski definition) is 1. The second kappa shape index (κ2) is 9.91. The zero-order valence-electron chi connectivity index (χ0n) is 15.3. The summed E-state index contributed by atoms with van der Waals surface area (Å²) < 4.78 is 11.8. The second-order valence-electron chi connectivity index (χ2n) is 6.70. The molecule has 2 rings (SSSR count). The Morgan fingerprint density at radius 2 is 1.68 bits per heavy atom. The Balaban J connectivity index is 0.00000312. The Morgan fingerprint density at radius 3 is 2.28 bits per heavy atom. The molecular formula is C20H27Cl2NO2. The minimum absolute atomic E-state index is 0. The van der Waals surface area contributed by atoms with Gasteiger partial charge in [-0.1, -0.05) is 35.9 Å². The number of ether oxygens (including phenoxy) is 2. The number of hydrogen-bond acceptors (Lipinski definition) is 3. The number of rotatable bonds is 7. The fraction of sp³-hybridized carbons (Fsp3) is 0.400. The molecule has 138 valence electrons. The minimum Gasteiger partial charge on any atom is -0.490 e. The van der Waals surface area contributed by atoms with E-state index in [1.165, 1.54) is 0 Å². The van der Waals surface area contributed by atoms with Crippen molar-refractivity contribution < 1.29 is 9.47 Å². The maximum atomic E-state index is 6.10. The highest BCUT2D eigenvalue weighted by Crippen LogP contribution is 2.32. The fourth-order valence-corrected chi connectivity index (χ4v) is 2.36. The molecule has 0 spiro atoms. The van der Waals surface area contributed by atoms with Gasteiger partial charge < -0.3 is 14.8 Å². The van der Waals surface area contributed by atoms with Gasteiger partial charge in [0.2, 0.25) is 0 Å². The molecule has 0 amide bonds. The molecule has 0 heterocycles. The predicted molar refractivity (Wildman–Crippen MR) is 107 cm³/mol. The lowest BCUT2D eigenvalue weighted by molar-refractivity contribution is 0.265. The van der Waals surface area contributed by atoms with Gasteiger partial charge in [0.1, 0.15) is 6.61 Å². The van der Waals surface area contributed by atoms with E-state index in [1.807, 2.05) is 43.3 Å². The van der Waals surface area contributed by atoms with E-state index in [0.29, 0.717) is 13.2 Å². The summed E-state index contributed by atoms with van der Waals surface area (Å²) in [4.78, 5) is 0. The van der Waals surface area contributed by atoms with Crippen LogP contribution in [0.25, 0.3) is 0 Å². The maximum Gasteiger partial charge on any atom is 0.166 e. The minimum atomic E-state index is 0. The van der Waals surface area contributed by atoms with Crippen LogP contribution < -0.4 is 14.8 Å². The maximum absolute atomic E-state index is 6.10. The molecule has 0 aromatic heterocycles. The van der Waals surface area contributed by atoms with Gasteiger partial charge >= 0.3 is 0 Å². The van der Waals surface area contributed by atoms with Crippen molar-refractivity contribution in [2.45, 2.75) is 46.4 Å². The number of halogens is 2. The summed E-state index contributed by atoms with van der Waals surface area (Å²) in [6, 6.07) is 13.7. The fourth-order valence-electron chi connectivity index (χ4n) is 2.23. The Labute approximate surface area is 162 Å². The van der Waals surface area contributed by atoms with Crippen molar-refractivity contribution in [3.8, 4) is 11.5 Å². The molecule has 0 atom stereocenters. The average molecular weight is 384 g/mol. The first-order chi connectivity index (χ1) is 11.4. The van der Waals surface area contributed by atoms with E-state index < -0.39 is 0 Å². The molecule has 0 bridgehead atoms. The van der Waals surface area contributed by atoms with Crippen molar-refractivity contribution in [3.63, 3.8) is 0 Å². The average Bonchev–Trinajstić information content (AvgIpc) is 2.53. The van der Waals surface area contributed by atoms with Crippen molar-refractivity contribution in [3.05, 3.63) is 58.6 Å². The summed E-state index contributed by atoms with van der Waals surface area (Å²) in [6.45, 7) is 10.2. The van der Waals surface area contributed by atoms with E-state index >= 15 is 0 Å². The molecule has 0 fully saturated rings. The third-order valence-electron chi connectivity index (χ3n) is 3.47. The normalized spacial score (nSPS) is 10.9. The van der Waals surface area contributed by atoms with Gasteiger partial charge in [-0.3, -0.25) is 0 Å². The Kier molecular flexibility index (Phi) is 8.57. The van der Waals surface area contributed by atoms with Crippen LogP contribution >= 0.6 is 24.0 Å². The number of benzene rings is 2. The highest BCUT2D eigenvalue weighted by molar-refractivity contribution is 6.30. The molecule has 0 aliphatic rings. The Bertz CT molecular complexity index is 652. The van der Waals surface area contributed by atoms with E-state index in [-0.39, 0.29) is 17.9 Å². The predicted octanol–water partition coefficient (Wildman–Crippen LogP) is 5.63. The molecular weight excluding hydrogens is 357 g/mol. The summed E-state index contributed by atoms with van der Waals surface area (Å²) in [5.41, 5.74) is 2.19.